The van der Waals surface area contributed by atoms with Crippen LogP contribution in [0.3, 0.4) is 0 Å². The smallest absolute Gasteiger partial charge is 0.123 e. The predicted molar refractivity (Wildman–Crippen MR) is 61.8 cm³/mol. The Morgan fingerprint density at radius 3 is 2.62 bits per heavy atom. The minimum absolute atomic E-state index is 0.195. The summed E-state index contributed by atoms with van der Waals surface area (Å²) in [5, 5.41) is 0. The standard InChI is InChI=1S/C13H18FNO/c14-11-6-4-10(5-7-11)12(9-15)13-3-1-2-8-16-13/h4-7,12-13H,1-3,8-9,15H2. The van der Waals surface area contributed by atoms with Gasteiger partial charge in [0.1, 0.15) is 5.82 Å². The molecule has 88 valence electrons. The van der Waals surface area contributed by atoms with Gasteiger partial charge in [-0.3, -0.25) is 0 Å². The lowest BCUT2D eigenvalue weighted by atomic mass is 9.89. The van der Waals surface area contributed by atoms with E-state index in [9.17, 15) is 4.39 Å². The van der Waals surface area contributed by atoms with Gasteiger partial charge in [0.15, 0.2) is 0 Å². The number of rotatable bonds is 3. The number of halogens is 1. The minimum Gasteiger partial charge on any atom is -0.378 e. The quantitative estimate of drug-likeness (QED) is 0.854. The molecular formula is C13H18FNO. The zero-order valence-electron chi connectivity index (χ0n) is 9.36. The van der Waals surface area contributed by atoms with Crippen molar-refractivity contribution < 1.29 is 9.13 Å². The van der Waals surface area contributed by atoms with Gasteiger partial charge in [-0.15, -0.1) is 0 Å². The van der Waals surface area contributed by atoms with Crippen molar-refractivity contribution in [1.29, 1.82) is 0 Å². The maximum Gasteiger partial charge on any atom is 0.123 e. The van der Waals surface area contributed by atoms with Gasteiger partial charge in [0.05, 0.1) is 6.10 Å². The third-order valence-electron chi connectivity index (χ3n) is 3.22. The van der Waals surface area contributed by atoms with Crippen molar-refractivity contribution in [3.8, 4) is 0 Å². The summed E-state index contributed by atoms with van der Waals surface area (Å²) in [6.07, 6.45) is 3.59. The van der Waals surface area contributed by atoms with Crippen LogP contribution >= 0.6 is 0 Å². The molecule has 1 aromatic carbocycles. The molecule has 0 radical (unpaired) electrons. The summed E-state index contributed by atoms with van der Waals surface area (Å²) >= 11 is 0. The first-order valence-corrected chi connectivity index (χ1v) is 5.88. The van der Waals surface area contributed by atoms with Gasteiger partial charge in [-0.2, -0.15) is 0 Å². The van der Waals surface area contributed by atoms with E-state index in [1.807, 2.05) is 12.1 Å². The molecule has 1 aliphatic rings. The molecule has 0 aromatic heterocycles. The van der Waals surface area contributed by atoms with Gasteiger partial charge in [0, 0.05) is 19.1 Å². The van der Waals surface area contributed by atoms with Crippen molar-refractivity contribution in [2.24, 2.45) is 5.73 Å². The monoisotopic (exact) mass is 223 g/mol. The maximum absolute atomic E-state index is 12.8. The van der Waals surface area contributed by atoms with Crippen molar-refractivity contribution >= 4 is 0 Å². The first-order valence-electron chi connectivity index (χ1n) is 5.88. The summed E-state index contributed by atoms with van der Waals surface area (Å²) in [5.41, 5.74) is 6.88. The molecule has 0 saturated carbocycles. The predicted octanol–water partition coefficient (Wildman–Crippen LogP) is 2.44. The zero-order chi connectivity index (χ0) is 11.4. The van der Waals surface area contributed by atoms with Crippen LogP contribution in [0.2, 0.25) is 0 Å². The van der Waals surface area contributed by atoms with E-state index in [1.54, 1.807) is 0 Å². The van der Waals surface area contributed by atoms with E-state index in [4.69, 9.17) is 10.5 Å². The third kappa shape index (κ3) is 2.60. The fraction of sp³-hybridized carbons (Fsp3) is 0.538. The SMILES string of the molecule is NCC(c1ccc(F)cc1)C1CCCCO1. The fourth-order valence-electron chi connectivity index (χ4n) is 2.30. The second-order valence-electron chi connectivity index (χ2n) is 4.30. The number of nitrogens with two attached hydrogens (primary N) is 1. The molecule has 1 heterocycles. The van der Waals surface area contributed by atoms with E-state index in [1.165, 1.54) is 18.6 Å². The van der Waals surface area contributed by atoms with Gasteiger partial charge in [0.25, 0.3) is 0 Å². The van der Waals surface area contributed by atoms with Gasteiger partial charge in [-0.25, -0.2) is 4.39 Å². The third-order valence-corrected chi connectivity index (χ3v) is 3.22. The van der Waals surface area contributed by atoms with E-state index in [0.717, 1.165) is 25.0 Å². The van der Waals surface area contributed by atoms with Crippen LogP contribution in [-0.4, -0.2) is 19.3 Å². The summed E-state index contributed by atoms with van der Waals surface area (Å²) < 4.78 is 18.6. The molecule has 1 saturated heterocycles. The van der Waals surface area contributed by atoms with E-state index >= 15 is 0 Å². The van der Waals surface area contributed by atoms with Gasteiger partial charge in [0.2, 0.25) is 0 Å². The van der Waals surface area contributed by atoms with Crippen molar-refractivity contribution in [3.63, 3.8) is 0 Å². The van der Waals surface area contributed by atoms with E-state index in [-0.39, 0.29) is 17.8 Å². The Bertz CT molecular complexity index is 319. The highest BCUT2D eigenvalue weighted by molar-refractivity contribution is 5.22. The fourth-order valence-corrected chi connectivity index (χ4v) is 2.30. The Morgan fingerprint density at radius 1 is 1.31 bits per heavy atom. The number of hydrogen-bond acceptors (Lipinski definition) is 2. The van der Waals surface area contributed by atoms with E-state index in [2.05, 4.69) is 0 Å². The van der Waals surface area contributed by atoms with Crippen LogP contribution in [-0.2, 0) is 4.74 Å². The lowest BCUT2D eigenvalue weighted by Gasteiger charge is -2.30. The maximum atomic E-state index is 12.8. The van der Waals surface area contributed by atoms with Crippen LogP contribution in [0.15, 0.2) is 24.3 Å². The highest BCUT2D eigenvalue weighted by Crippen LogP contribution is 2.27. The summed E-state index contributed by atoms with van der Waals surface area (Å²) in [7, 11) is 0. The normalized spacial score (nSPS) is 23.0. The molecule has 2 unspecified atom stereocenters. The second-order valence-corrected chi connectivity index (χ2v) is 4.30. The molecule has 3 heteroatoms. The molecular weight excluding hydrogens is 205 g/mol. The molecule has 2 N–H and O–H groups in total. The van der Waals surface area contributed by atoms with Crippen molar-refractivity contribution in [2.75, 3.05) is 13.2 Å². The highest BCUT2D eigenvalue weighted by Gasteiger charge is 2.24. The number of hydrogen-bond donors (Lipinski definition) is 1. The molecule has 0 aliphatic carbocycles. The number of ether oxygens (including phenoxy) is 1. The van der Waals surface area contributed by atoms with Crippen molar-refractivity contribution in [1.82, 2.24) is 0 Å². The van der Waals surface area contributed by atoms with Crippen LogP contribution in [0.25, 0.3) is 0 Å². The number of benzene rings is 1. The van der Waals surface area contributed by atoms with Crippen LogP contribution in [0.5, 0.6) is 0 Å². The Morgan fingerprint density at radius 2 is 2.06 bits per heavy atom. The largest absolute Gasteiger partial charge is 0.378 e. The molecule has 16 heavy (non-hydrogen) atoms. The molecule has 0 bridgehead atoms. The topological polar surface area (TPSA) is 35.2 Å². The Kier molecular flexibility index (Phi) is 3.91. The summed E-state index contributed by atoms with van der Waals surface area (Å²) in [6, 6.07) is 6.59. The molecule has 0 spiro atoms. The van der Waals surface area contributed by atoms with Gasteiger partial charge in [-0.1, -0.05) is 12.1 Å². The van der Waals surface area contributed by atoms with Crippen molar-refractivity contribution in [3.05, 3.63) is 35.6 Å². The summed E-state index contributed by atoms with van der Waals surface area (Å²) in [6.45, 7) is 1.37. The van der Waals surface area contributed by atoms with Crippen LogP contribution in [0.4, 0.5) is 4.39 Å². The molecule has 2 nitrogen and oxygen atoms in total. The van der Waals surface area contributed by atoms with E-state index in [0.29, 0.717) is 6.54 Å². The Hall–Kier alpha value is -0.930. The zero-order valence-corrected chi connectivity index (χ0v) is 9.36. The lowest BCUT2D eigenvalue weighted by molar-refractivity contribution is 0.000569. The lowest BCUT2D eigenvalue weighted by Crippen LogP contribution is -2.31. The van der Waals surface area contributed by atoms with Crippen LogP contribution in [0.1, 0.15) is 30.7 Å². The second kappa shape index (κ2) is 5.41. The van der Waals surface area contributed by atoms with Gasteiger partial charge >= 0.3 is 0 Å². The van der Waals surface area contributed by atoms with Crippen LogP contribution < -0.4 is 5.73 Å². The molecule has 1 aliphatic heterocycles. The Balaban J connectivity index is 2.11. The highest BCUT2D eigenvalue weighted by atomic mass is 19.1. The molecule has 0 amide bonds. The molecule has 2 rings (SSSR count). The van der Waals surface area contributed by atoms with Gasteiger partial charge < -0.3 is 10.5 Å². The van der Waals surface area contributed by atoms with Crippen molar-refractivity contribution in [2.45, 2.75) is 31.3 Å². The first-order chi connectivity index (χ1) is 7.81. The summed E-state index contributed by atoms with van der Waals surface area (Å²) in [4.78, 5) is 0. The molecule has 1 aromatic rings. The average molecular weight is 223 g/mol. The first kappa shape index (κ1) is 11.6. The molecule has 2 atom stereocenters. The summed E-state index contributed by atoms with van der Waals surface area (Å²) in [5.74, 6) is -0.00927. The Labute approximate surface area is 95.6 Å². The van der Waals surface area contributed by atoms with Gasteiger partial charge in [-0.05, 0) is 37.0 Å². The molecule has 1 fully saturated rings. The van der Waals surface area contributed by atoms with Crippen LogP contribution in [0, 0.1) is 5.82 Å². The van der Waals surface area contributed by atoms with E-state index < -0.39 is 0 Å². The minimum atomic E-state index is -0.205. The average Bonchev–Trinajstić information content (AvgIpc) is 2.34.